The van der Waals surface area contributed by atoms with Gasteiger partial charge in [-0.25, -0.2) is 4.98 Å². The van der Waals surface area contributed by atoms with Crippen LogP contribution in [-0.4, -0.2) is 30.1 Å². The molecular weight excluding hydrogens is 490 g/mol. The van der Waals surface area contributed by atoms with E-state index in [-0.39, 0.29) is 5.91 Å². The fourth-order valence-electron chi connectivity index (χ4n) is 3.11. The van der Waals surface area contributed by atoms with E-state index < -0.39 is 0 Å². The van der Waals surface area contributed by atoms with Gasteiger partial charge >= 0.3 is 0 Å². The van der Waals surface area contributed by atoms with E-state index in [9.17, 15) is 4.79 Å². The van der Waals surface area contributed by atoms with E-state index in [2.05, 4.69) is 25.9 Å². The van der Waals surface area contributed by atoms with Gasteiger partial charge in [-0.3, -0.25) is 14.7 Å². The summed E-state index contributed by atoms with van der Waals surface area (Å²) in [4.78, 5) is 23.9. The fourth-order valence-corrected chi connectivity index (χ4v) is 4.63. The van der Waals surface area contributed by atoms with Gasteiger partial charge in [0, 0.05) is 16.7 Å². The molecule has 2 heterocycles. The number of carbonyl (C=O) groups excluding carboxylic acids is 1. The molecule has 4 rings (SSSR count). The van der Waals surface area contributed by atoms with Crippen LogP contribution in [0.25, 0.3) is 16.3 Å². The minimum absolute atomic E-state index is 0.191. The molecule has 0 saturated carbocycles. The highest BCUT2D eigenvalue weighted by molar-refractivity contribution is 9.10. The molecule has 0 radical (unpaired) electrons. The summed E-state index contributed by atoms with van der Waals surface area (Å²) < 4.78 is 12.6. The van der Waals surface area contributed by atoms with Crippen LogP contribution in [0.2, 0.25) is 0 Å². The van der Waals surface area contributed by atoms with Gasteiger partial charge in [-0.15, -0.1) is 0 Å². The number of halogens is 1. The Balaban J connectivity index is 1.65. The van der Waals surface area contributed by atoms with Gasteiger partial charge in [0.15, 0.2) is 16.6 Å². The van der Waals surface area contributed by atoms with Crippen LogP contribution in [-0.2, 0) is 11.3 Å². The second-order valence-corrected chi connectivity index (χ2v) is 8.73. The smallest absolute Gasteiger partial charge is 0.253 e. The van der Waals surface area contributed by atoms with Gasteiger partial charge in [-0.05, 0) is 54.1 Å². The molecule has 32 heavy (non-hydrogen) atoms. The molecule has 0 saturated heterocycles. The number of thiazole rings is 1. The van der Waals surface area contributed by atoms with Crippen molar-refractivity contribution >= 4 is 54.6 Å². The SMILES string of the molecule is COc1ccc(/C=C/C(=O)N(Cc2ccccn2)c2nc3ccc(Br)cc3s2)cc1OC. The molecule has 162 valence electrons. The molecule has 8 heteroatoms. The van der Waals surface area contributed by atoms with Gasteiger partial charge in [0.25, 0.3) is 5.91 Å². The number of nitrogens with zero attached hydrogens (tertiary/aromatic N) is 3. The maximum atomic E-state index is 13.3. The van der Waals surface area contributed by atoms with E-state index >= 15 is 0 Å². The molecule has 4 aromatic rings. The minimum Gasteiger partial charge on any atom is -0.493 e. The Morgan fingerprint density at radius 1 is 1.09 bits per heavy atom. The monoisotopic (exact) mass is 509 g/mol. The molecule has 0 unspecified atom stereocenters. The number of ether oxygens (including phenoxy) is 2. The van der Waals surface area contributed by atoms with Crippen molar-refractivity contribution in [3.8, 4) is 11.5 Å². The summed E-state index contributed by atoms with van der Waals surface area (Å²) in [6.07, 6.45) is 5.00. The van der Waals surface area contributed by atoms with Gasteiger partial charge < -0.3 is 9.47 Å². The van der Waals surface area contributed by atoms with E-state index in [1.807, 2.05) is 48.5 Å². The van der Waals surface area contributed by atoms with Gasteiger partial charge in [-0.2, -0.15) is 0 Å². The van der Waals surface area contributed by atoms with Gasteiger partial charge in [0.2, 0.25) is 0 Å². The Morgan fingerprint density at radius 2 is 1.94 bits per heavy atom. The summed E-state index contributed by atoms with van der Waals surface area (Å²) in [5, 5.41) is 0.616. The standard InChI is InChI=1S/C24H20BrN3O3S/c1-30-20-10-6-16(13-21(20)31-2)7-11-23(29)28(15-18-5-3-4-12-26-18)24-27-19-9-8-17(25)14-22(19)32-24/h3-14H,15H2,1-2H3/b11-7+. The maximum Gasteiger partial charge on any atom is 0.253 e. The highest BCUT2D eigenvalue weighted by Gasteiger charge is 2.19. The number of carbonyl (C=O) groups is 1. The molecule has 2 aromatic heterocycles. The number of hydrogen-bond acceptors (Lipinski definition) is 6. The first-order valence-corrected chi connectivity index (χ1v) is 11.4. The number of pyridine rings is 1. The summed E-state index contributed by atoms with van der Waals surface area (Å²) in [6.45, 7) is 0.316. The predicted octanol–water partition coefficient (Wildman–Crippen LogP) is 5.72. The molecule has 0 fully saturated rings. The van der Waals surface area contributed by atoms with Crippen LogP contribution in [0.15, 0.2) is 71.3 Å². The molecule has 0 aliphatic carbocycles. The first-order chi connectivity index (χ1) is 15.6. The van der Waals surface area contributed by atoms with Crippen molar-refractivity contribution in [2.45, 2.75) is 6.54 Å². The zero-order valence-corrected chi connectivity index (χ0v) is 19.9. The number of hydrogen-bond donors (Lipinski definition) is 0. The number of amides is 1. The number of aromatic nitrogens is 2. The zero-order chi connectivity index (χ0) is 22.5. The van der Waals surface area contributed by atoms with E-state index in [4.69, 9.17) is 9.47 Å². The van der Waals surface area contributed by atoms with Crippen LogP contribution in [0.4, 0.5) is 5.13 Å². The summed E-state index contributed by atoms with van der Waals surface area (Å²) in [7, 11) is 3.17. The molecule has 0 spiro atoms. The Morgan fingerprint density at radius 3 is 2.69 bits per heavy atom. The zero-order valence-electron chi connectivity index (χ0n) is 17.5. The van der Waals surface area contributed by atoms with Crippen LogP contribution in [0.3, 0.4) is 0 Å². The minimum atomic E-state index is -0.191. The van der Waals surface area contributed by atoms with Crippen LogP contribution < -0.4 is 14.4 Å². The molecule has 0 N–H and O–H groups in total. The van der Waals surface area contributed by atoms with Gasteiger partial charge in [-0.1, -0.05) is 39.4 Å². The van der Waals surface area contributed by atoms with Crippen LogP contribution in [0.1, 0.15) is 11.3 Å². The number of fused-ring (bicyclic) bond motifs is 1. The van der Waals surface area contributed by atoms with Crippen LogP contribution in [0.5, 0.6) is 11.5 Å². The molecule has 0 bridgehead atoms. The lowest BCUT2D eigenvalue weighted by molar-refractivity contribution is -0.114. The van der Waals surface area contributed by atoms with E-state index in [0.717, 1.165) is 25.9 Å². The third kappa shape index (κ3) is 4.98. The number of rotatable bonds is 7. The van der Waals surface area contributed by atoms with Crippen molar-refractivity contribution in [1.29, 1.82) is 0 Å². The first-order valence-electron chi connectivity index (χ1n) is 9.75. The Kier molecular flexibility index (Phi) is 6.82. The Labute approximate surface area is 198 Å². The summed E-state index contributed by atoms with van der Waals surface area (Å²) in [5.74, 6) is 1.04. The molecular formula is C24H20BrN3O3S. The Bertz CT molecular complexity index is 1270. The highest BCUT2D eigenvalue weighted by atomic mass is 79.9. The Hall–Kier alpha value is -3.23. The third-order valence-electron chi connectivity index (χ3n) is 4.71. The summed E-state index contributed by atoms with van der Waals surface area (Å²) >= 11 is 4.96. The predicted molar refractivity (Wildman–Crippen MR) is 131 cm³/mol. The van der Waals surface area contributed by atoms with Crippen molar-refractivity contribution in [3.63, 3.8) is 0 Å². The lowest BCUT2D eigenvalue weighted by Crippen LogP contribution is -2.29. The lowest BCUT2D eigenvalue weighted by Gasteiger charge is -2.17. The second kappa shape index (κ2) is 9.93. The average Bonchev–Trinajstić information content (AvgIpc) is 3.24. The van der Waals surface area contributed by atoms with E-state index in [1.54, 1.807) is 37.5 Å². The topological polar surface area (TPSA) is 64.5 Å². The fraction of sp³-hybridized carbons (Fsp3) is 0.125. The quantitative estimate of drug-likeness (QED) is 0.298. The molecule has 6 nitrogen and oxygen atoms in total. The van der Waals surface area contributed by atoms with Gasteiger partial charge in [0.1, 0.15) is 0 Å². The summed E-state index contributed by atoms with van der Waals surface area (Å²) in [6, 6.07) is 17.0. The van der Waals surface area contributed by atoms with Crippen molar-refractivity contribution in [2.75, 3.05) is 19.1 Å². The number of benzene rings is 2. The molecule has 0 aliphatic heterocycles. The van der Waals surface area contributed by atoms with Crippen molar-refractivity contribution < 1.29 is 14.3 Å². The normalized spacial score (nSPS) is 11.1. The van der Waals surface area contributed by atoms with Crippen molar-refractivity contribution in [2.24, 2.45) is 0 Å². The van der Waals surface area contributed by atoms with Crippen LogP contribution >= 0.6 is 27.3 Å². The first kappa shape index (κ1) is 22.0. The average molecular weight is 510 g/mol. The van der Waals surface area contributed by atoms with Gasteiger partial charge in [0.05, 0.1) is 36.7 Å². The van der Waals surface area contributed by atoms with E-state index in [0.29, 0.717) is 23.2 Å². The van der Waals surface area contributed by atoms with Crippen molar-refractivity contribution in [3.05, 3.63) is 82.6 Å². The molecule has 1 amide bonds. The lowest BCUT2D eigenvalue weighted by atomic mass is 10.2. The number of methoxy groups -OCH3 is 2. The largest absolute Gasteiger partial charge is 0.493 e. The number of anilines is 1. The van der Waals surface area contributed by atoms with Crippen molar-refractivity contribution in [1.82, 2.24) is 9.97 Å². The molecule has 0 aliphatic rings. The second-order valence-electron chi connectivity index (χ2n) is 6.80. The molecule has 2 aromatic carbocycles. The van der Waals surface area contributed by atoms with Crippen LogP contribution in [0, 0.1) is 0 Å². The van der Waals surface area contributed by atoms with E-state index in [1.165, 1.54) is 17.4 Å². The maximum absolute atomic E-state index is 13.3. The summed E-state index contributed by atoms with van der Waals surface area (Å²) in [5.41, 5.74) is 2.44. The molecule has 0 atom stereocenters. The highest BCUT2D eigenvalue weighted by Crippen LogP contribution is 2.32. The third-order valence-corrected chi connectivity index (χ3v) is 6.24.